The number of nitrogen functional groups attached to an aromatic ring is 1. The van der Waals surface area contributed by atoms with Crippen molar-refractivity contribution >= 4 is 5.82 Å². The lowest BCUT2D eigenvalue weighted by atomic mass is 10.2. The fraction of sp³-hybridized carbons (Fsp3) is 0.333. The van der Waals surface area contributed by atoms with Crippen LogP contribution in [0.15, 0.2) is 36.4 Å². The second-order valence-corrected chi connectivity index (χ2v) is 4.54. The van der Waals surface area contributed by atoms with Gasteiger partial charge in [0.05, 0.1) is 6.10 Å². The van der Waals surface area contributed by atoms with E-state index in [0.717, 1.165) is 18.4 Å². The third-order valence-electron chi connectivity index (χ3n) is 2.77. The normalized spacial score (nSPS) is 12.1. The average Bonchev–Trinajstić information content (AvgIpc) is 2.39. The molecule has 2 N–H and O–H groups in total. The van der Waals surface area contributed by atoms with Crippen molar-refractivity contribution in [3.8, 4) is 17.3 Å². The van der Waals surface area contributed by atoms with E-state index < -0.39 is 0 Å². The first-order chi connectivity index (χ1) is 9.19. The summed E-state index contributed by atoms with van der Waals surface area (Å²) in [6, 6.07) is 11.4. The maximum Gasteiger partial charge on any atom is 0.219 e. The molecule has 1 atom stereocenters. The van der Waals surface area contributed by atoms with Gasteiger partial charge in [0.15, 0.2) is 5.82 Å². The first-order valence-corrected chi connectivity index (χ1v) is 6.55. The monoisotopic (exact) mass is 257 g/mol. The van der Waals surface area contributed by atoms with Crippen LogP contribution in [0.3, 0.4) is 0 Å². The Kier molecular flexibility index (Phi) is 4.34. The molecule has 4 heteroatoms. The zero-order valence-electron chi connectivity index (χ0n) is 11.3. The summed E-state index contributed by atoms with van der Waals surface area (Å²) in [5, 5.41) is 0. The van der Waals surface area contributed by atoms with Gasteiger partial charge in [-0.1, -0.05) is 43.7 Å². The van der Waals surface area contributed by atoms with Gasteiger partial charge in [-0.25, -0.2) is 4.98 Å². The van der Waals surface area contributed by atoms with Gasteiger partial charge in [-0.15, -0.1) is 0 Å². The minimum Gasteiger partial charge on any atom is -0.475 e. The quantitative estimate of drug-likeness (QED) is 0.892. The molecule has 0 saturated heterocycles. The van der Waals surface area contributed by atoms with E-state index in [-0.39, 0.29) is 6.10 Å². The maximum atomic E-state index is 5.82. The van der Waals surface area contributed by atoms with Crippen molar-refractivity contribution in [1.29, 1.82) is 0 Å². The summed E-state index contributed by atoms with van der Waals surface area (Å²) < 4.78 is 5.77. The number of ether oxygens (including phenoxy) is 1. The Morgan fingerprint density at radius 1 is 1.21 bits per heavy atom. The molecule has 0 radical (unpaired) electrons. The van der Waals surface area contributed by atoms with Gasteiger partial charge in [-0.2, -0.15) is 4.98 Å². The molecule has 0 amide bonds. The number of nitrogens with zero attached hydrogens (tertiary/aromatic N) is 2. The van der Waals surface area contributed by atoms with E-state index in [1.807, 2.05) is 37.3 Å². The van der Waals surface area contributed by atoms with Crippen molar-refractivity contribution in [2.24, 2.45) is 0 Å². The fourth-order valence-corrected chi connectivity index (χ4v) is 1.89. The number of nitrogens with two attached hydrogens (primary N) is 1. The second kappa shape index (κ2) is 6.18. The Labute approximate surface area is 113 Å². The SMILES string of the molecule is CCCC(C)Oc1cc(N)nc(-c2ccccc2)n1. The van der Waals surface area contributed by atoms with Crippen molar-refractivity contribution in [3.63, 3.8) is 0 Å². The van der Waals surface area contributed by atoms with Crippen LogP contribution in [-0.2, 0) is 0 Å². The molecule has 0 fully saturated rings. The zero-order valence-corrected chi connectivity index (χ0v) is 11.3. The van der Waals surface area contributed by atoms with Crippen LogP contribution in [0.2, 0.25) is 0 Å². The first kappa shape index (κ1) is 13.3. The average molecular weight is 257 g/mol. The predicted octanol–water partition coefficient (Wildman–Crippen LogP) is 3.29. The number of aromatic nitrogens is 2. The molecule has 0 bridgehead atoms. The highest BCUT2D eigenvalue weighted by molar-refractivity contribution is 5.57. The summed E-state index contributed by atoms with van der Waals surface area (Å²) in [5.41, 5.74) is 6.75. The predicted molar refractivity (Wildman–Crippen MR) is 76.9 cm³/mol. The van der Waals surface area contributed by atoms with Gasteiger partial charge in [-0.05, 0) is 13.3 Å². The minimum absolute atomic E-state index is 0.128. The molecule has 1 unspecified atom stereocenters. The minimum atomic E-state index is 0.128. The largest absolute Gasteiger partial charge is 0.475 e. The van der Waals surface area contributed by atoms with Crippen LogP contribution in [0.4, 0.5) is 5.82 Å². The summed E-state index contributed by atoms with van der Waals surface area (Å²) in [6.07, 6.45) is 2.20. The molecule has 2 rings (SSSR count). The molecule has 1 aromatic heterocycles. The van der Waals surface area contributed by atoms with Crippen LogP contribution in [0.5, 0.6) is 5.88 Å². The van der Waals surface area contributed by atoms with E-state index in [1.165, 1.54) is 0 Å². The summed E-state index contributed by atoms with van der Waals surface area (Å²) in [7, 11) is 0. The van der Waals surface area contributed by atoms with Gasteiger partial charge in [0, 0.05) is 11.6 Å². The van der Waals surface area contributed by atoms with Crippen LogP contribution in [0.1, 0.15) is 26.7 Å². The molecule has 100 valence electrons. The molecule has 0 saturated carbocycles. The third kappa shape index (κ3) is 3.68. The Hall–Kier alpha value is -2.10. The number of anilines is 1. The summed E-state index contributed by atoms with van der Waals surface area (Å²) >= 11 is 0. The van der Waals surface area contributed by atoms with Gasteiger partial charge in [-0.3, -0.25) is 0 Å². The van der Waals surface area contributed by atoms with Crippen LogP contribution in [-0.4, -0.2) is 16.1 Å². The van der Waals surface area contributed by atoms with E-state index >= 15 is 0 Å². The van der Waals surface area contributed by atoms with Gasteiger partial charge in [0.1, 0.15) is 5.82 Å². The van der Waals surface area contributed by atoms with Crippen molar-refractivity contribution in [1.82, 2.24) is 9.97 Å². The second-order valence-electron chi connectivity index (χ2n) is 4.54. The Morgan fingerprint density at radius 3 is 2.63 bits per heavy atom. The fourth-order valence-electron chi connectivity index (χ4n) is 1.89. The molecule has 2 aromatic rings. The molecule has 19 heavy (non-hydrogen) atoms. The highest BCUT2D eigenvalue weighted by atomic mass is 16.5. The van der Waals surface area contributed by atoms with Crippen LogP contribution < -0.4 is 10.5 Å². The van der Waals surface area contributed by atoms with Crippen LogP contribution in [0.25, 0.3) is 11.4 Å². The standard InChI is InChI=1S/C15H19N3O/c1-3-7-11(2)19-14-10-13(16)17-15(18-14)12-8-5-4-6-9-12/h4-6,8-11H,3,7H2,1-2H3,(H2,16,17,18). The third-order valence-corrected chi connectivity index (χ3v) is 2.77. The highest BCUT2D eigenvalue weighted by Gasteiger charge is 2.08. The smallest absolute Gasteiger partial charge is 0.219 e. The summed E-state index contributed by atoms with van der Waals surface area (Å²) in [5.74, 6) is 1.55. The van der Waals surface area contributed by atoms with Crippen molar-refractivity contribution in [2.45, 2.75) is 32.8 Å². The van der Waals surface area contributed by atoms with E-state index in [9.17, 15) is 0 Å². The molecule has 0 aliphatic carbocycles. The summed E-state index contributed by atoms with van der Waals surface area (Å²) in [4.78, 5) is 8.66. The first-order valence-electron chi connectivity index (χ1n) is 6.55. The number of rotatable bonds is 5. The highest BCUT2D eigenvalue weighted by Crippen LogP contribution is 2.21. The van der Waals surface area contributed by atoms with E-state index in [2.05, 4.69) is 16.9 Å². The molecule has 1 aromatic carbocycles. The molecular formula is C15H19N3O. The van der Waals surface area contributed by atoms with Crippen LogP contribution >= 0.6 is 0 Å². The van der Waals surface area contributed by atoms with Gasteiger partial charge >= 0.3 is 0 Å². The molecule has 0 aliphatic heterocycles. The lowest BCUT2D eigenvalue weighted by Gasteiger charge is -2.13. The van der Waals surface area contributed by atoms with Crippen molar-refractivity contribution in [3.05, 3.63) is 36.4 Å². The number of hydrogen-bond acceptors (Lipinski definition) is 4. The van der Waals surface area contributed by atoms with Gasteiger partial charge in [0.2, 0.25) is 5.88 Å². The van der Waals surface area contributed by atoms with Crippen LogP contribution in [0, 0.1) is 0 Å². The van der Waals surface area contributed by atoms with Crippen molar-refractivity contribution < 1.29 is 4.74 Å². The number of benzene rings is 1. The van der Waals surface area contributed by atoms with E-state index in [4.69, 9.17) is 10.5 Å². The maximum absolute atomic E-state index is 5.82. The topological polar surface area (TPSA) is 61.0 Å². The van der Waals surface area contributed by atoms with E-state index in [0.29, 0.717) is 17.5 Å². The molecule has 0 aliphatic rings. The molecule has 1 heterocycles. The lowest BCUT2D eigenvalue weighted by Crippen LogP contribution is -2.12. The molecular weight excluding hydrogens is 238 g/mol. The molecule has 0 spiro atoms. The van der Waals surface area contributed by atoms with Gasteiger partial charge in [0.25, 0.3) is 0 Å². The summed E-state index contributed by atoms with van der Waals surface area (Å²) in [6.45, 7) is 4.16. The lowest BCUT2D eigenvalue weighted by molar-refractivity contribution is 0.201. The van der Waals surface area contributed by atoms with Crippen molar-refractivity contribution in [2.75, 3.05) is 5.73 Å². The van der Waals surface area contributed by atoms with Gasteiger partial charge < -0.3 is 10.5 Å². The Bertz CT molecular complexity index is 528. The number of hydrogen-bond donors (Lipinski definition) is 1. The zero-order chi connectivity index (χ0) is 13.7. The van der Waals surface area contributed by atoms with E-state index in [1.54, 1.807) is 6.07 Å². The Morgan fingerprint density at radius 2 is 1.95 bits per heavy atom. The molecule has 4 nitrogen and oxygen atoms in total. The Balaban J connectivity index is 2.25.